The minimum atomic E-state index is -0.244. The molecule has 0 bridgehead atoms. The number of carbonyl (C=O) groups excluding carboxylic acids is 1. The van der Waals surface area contributed by atoms with E-state index in [2.05, 4.69) is 37.6 Å². The second-order valence-corrected chi connectivity index (χ2v) is 6.92. The summed E-state index contributed by atoms with van der Waals surface area (Å²) in [5.41, 5.74) is 6.40. The van der Waals surface area contributed by atoms with Gasteiger partial charge < -0.3 is 10.6 Å². The van der Waals surface area contributed by atoms with E-state index in [1.807, 2.05) is 18.2 Å². The highest BCUT2D eigenvalue weighted by molar-refractivity contribution is 7.21. The van der Waals surface area contributed by atoms with Crippen LogP contribution in [0.4, 0.5) is 5.95 Å². The molecule has 0 saturated carbocycles. The van der Waals surface area contributed by atoms with Gasteiger partial charge in [0.05, 0.1) is 16.1 Å². The molecule has 3 heterocycles. The molecule has 1 aliphatic heterocycles. The fourth-order valence-corrected chi connectivity index (χ4v) is 4.08. The average Bonchev–Trinajstić information content (AvgIpc) is 3.30. The lowest BCUT2D eigenvalue weighted by atomic mass is 10.1. The third-order valence-corrected chi connectivity index (χ3v) is 5.44. The van der Waals surface area contributed by atoms with Gasteiger partial charge in [-0.3, -0.25) is 9.36 Å². The van der Waals surface area contributed by atoms with Crippen molar-refractivity contribution in [2.24, 2.45) is 11.7 Å². The van der Waals surface area contributed by atoms with Gasteiger partial charge in [-0.2, -0.15) is 0 Å². The Morgan fingerprint density at radius 2 is 2.21 bits per heavy atom. The Bertz CT molecular complexity index is 868. The summed E-state index contributed by atoms with van der Waals surface area (Å²) in [5, 5.41) is 9.60. The van der Waals surface area contributed by atoms with Crippen LogP contribution in [0.15, 0.2) is 24.3 Å². The SMILES string of the molecule is CCn1c(-c2nc3ccccc3s2)nnc1N1CCC(C(N)=O)C1. The van der Waals surface area contributed by atoms with E-state index in [0.717, 1.165) is 46.5 Å². The lowest BCUT2D eigenvalue weighted by Gasteiger charge is -2.17. The number of para-hydroxylation sites is 1. The van der Waals surface area contributed by atoms with Gasteiger partial charge in [-0.1, -0.05) is 12.1 Å². The number of benzene rings is 1. The predicted molar refractivity (Wildman–Crippen MR) is 93.8 cm³/mol. The van der Waals surface area contributed by atoms with E-state index in [1.54, 1.807) is 11.3 Å². The molecule has 0 spiro atoms. The molecular formula is C16H18N6OS. The van der Waals surface area contributed by atoms with Gasteiger partial charge in [-0.05, 0) is 25.5 Å². The van der Waals surface area contributed by atoms with Crippen LogP contribution in [0.25, 0.3) is 21.0 Å². The Morgan fingerprint density at radius 3 is 2.92 bits per heavy atom. The number of aromatic nitrogens is 4. The van der Waals surface area contributed by atoms with E-state index in [9.17, 15) is 4.79 Å². The molecule has 3 aromatic rings. The highest BCUT2D eigenvalue weighted by Gasteiger charge is 2.30. The maximum atomic E-state index is 11.4. The van der Waals surface area contributed by atoms with Crippen molar-refractivity contribution in [3.05, 3.63) is 24.3 Å². The quantitative estimate of drug-likeness (QED) is 0.782. The fourth-order valence-electron chi connectivity index (χ4n) is 3.12. The first-order valence-corrected chi connectivity index (χ1v) is 8.82. The largest absolute Gasteiger partial charge is 0.369 e. The second-order valence-electron chi connectivity index (χ2n) is 5.89. The minimum Gasteiger partial charge on any atom is -0.369 e. The fraction of sp³-hybridized carbons (Fsp3) is 0.375. The van der Waals surface area contributed by atoms with Crippen LogP contribution in [0.1, 0.15) is 13.3 Å². The number of rotatable bonds is 4. The monoisotopic (exact) mass is 342 g/mol. The van der Waals surface area contributed by atoms with Crippen molar-refractivity contribution >= 4 is 33.4 Å². The number of primary amides is 1. The van der Waals surface area contributed by atoms with Crippen molar-refractivity contribution in [1.29, 1.82) is 0 Å². The average molecular weight is 342 g/mol. The molecular weight excluding hydrogens is 324 g/mol. The predicted octanol–water partition coefficient (Wildman–Crippen LogP) is 1.89. The van der Waals surface area contributed by atoms with Crippen LogP contribution >= 0.6 is 11.3 Å². The van der Waals surface area contributed by atoms with Crippen LogP contribution in [-0.4, -0.2) is 38.7 Å². The van der Waals surface area contributed by atoms with E-state index in [1.165, 1.54) is 0 Å². The summed E-state index contributed by atoms with van der Waals surface area (Å²) < 4.78 is 3.19. The van der Waals surface area contributed by atoms with E-state index >= 15 is 0 Å². The second kappa shape index (κ2) is 5.86. The summed E-state index contributed by atoms with van der Waals surface area (Å²) in [4.78, 5) is 18.2. The molecule has 1 aromatic carbocycles. The van der Waals surface area contributed by atoms with Crippen molar-refractivity contribution in [1.82, 2.24) is 19.7 Å². The molecule has 0 aliphatic carbocycles. The standard InChI is InChI=1S/C16H18N6OS/c1-2-22-14(15-18-11-5-3-4-6-12(11)24-15)19-20-16(22)21-8-7-10(9-21)13(17)23/h3-6,10H,2,7-9H2,1H3,(H2,17,23). The van der Waals surface area contributed by atoms with Gasteiger partial charge in [0, 0.05) is 19.6 Å². The Hall–Kier alpha value is -2.48. The summed E-state index contributed by atoms with van der Waals surface area (Å²) in [7, 11) is 0. The lowest BCUT2D eigenvalue weighted by Crippen LogP contribution is -2.28. The number of hydrogen-bond donors (Lipinski definition) is 1. The molecule has 1 aliphatic rings. The maximum Gasteiger partial charge on any atom is 0.227 e. The van der Waals surface area contributed by atoms with Gasteiger partial charge in [0.25, 0.3) is 0 Å². The van der Waals surface area contributed by atoms with E-state index in [0.29, 0.717) is 6.54 Å². The van der Waals surface area contributed by atoms with Gasteiger partial charge in [-0.15, -0.1) is 21.5 Å². The number of anilines is 1. The molecule has 1 unspecified atom stereocenters. The topological polar surface area (TPSA) is 89.9 Å². The number of carbonyl (C=O) groups is 1. The first kappa shape index (κ1) is 15.1. The zero-order chi connectivity index (χ0) is 16.7. The molecule has 1 fully saturated rings. The molecule has 0 radical (unpaired) electrons. The third-order valence-electron chi connectivity index (χ3n) is 4.41. The molecule has 8 heteroatoms. The van der Waals surface area contributed by atoms with Gasteiger partial charge >= 0.3 is 0 Å². The van der Waals surface area contributed by atoms with Crippen molar-refractivity contribution in [3.63, 3.8) is 0 Å². The first-order chi connectivity index (χ1) is 11.7. The molecule has 1 atom stereocenters. The number of amides is 1. The van der Waals surface area contributed by atoms with Crippen LogP contribution in [0.2, 0.25) is 0 Å². The van der Waals surface area contributed by atoms with Crippen LogP contribution in [0.3, 0.4) is 0 Å². The van der Waals surface area contributed by atoms with Crippen molar-refractivity contribution in [3.8, 4) is 10.8 Å². The Balaban J connectivity index is 1.70. The van der Waals surface area contributed by atoms with Crippen molar-refractivity contribution < 1.29 is 4.79 Å². The molecule has 4 rings (SSSR count). The summed E-state index contributed by atoms with van der Waals surface area (Å²) >= 11 is 1.61. The summed E-state index contributed by atoms with van der Waals surface area (Å²) in [6.07, 6.45) is 0.766. The highest BCUT2D eigenvalue weighted by atomic mass is 32.1. The Kier molecular flexibility index (Phi) is 3.68. The molecule has 7 nitrogen and oxygen atoms in total. The third kappa shape index (κ3) is 2.43. The zero-order valence-corrected chi connectivity index (χ0v) is 14.2. The van der Waals surface area contributed by atoms with Gasteiger partial charge in [0.15, 0.2) is 10.8 Å². The summed E-state index contributed by atoms with van der Waals surface area (Å²) in [6, 6.07) is 8.05. The van der Waals surface area contributed by atoms with Crippen LogP contribution < -0.4 is 10.6 Å². The van der Waals surface area contributed by atoms with Crippen LogP contribution in [-0.2, 0) is 11.3 Å². The Morgan fingerprint density at radius 1 is 1.38 bits per heavy atom. The number of thiazole rings is 1. The molecule has 1 saturated heterocycles. The van der Waals surface area contributed by atoms with Crippen LogP contribution in [0, 0.1) is 5.92 Å². The van der Waals surface area contributed by atoms with E-state index < -0.39 is 0 Å². The van der Waals surface area contributed by atoms with Gasteiger partial charge in [-0.25, -0.2) is 4.98 Å². The molecule has 1 amide bonds. The van der Waals surface area contributed by atoms with Gasteiger partial charge in [0.2, 0.25) is 11.9 Å². The van der Waals surface area contributed by atoms with E-state index in [-0.39, 0.29) is 11.8 Å². The number of hydrogen-bond acceptors (Lipinski definition) is 6. The van der Waals surface area contributed by atoms with Crippen molar-refractivity contribution in [2.45, 2.75) is 19.9 Å². The molecule has 2 aromatic heterocycles. The number of nitrogens with two attached hydrogens (primary N) is 1. The molecule has 124 valence electrons. The van der Waals surface area contributed by atoms with Gasteiger partial charge in [0.1, 0.15) is 0 Å². The zero-order valence-electron chi connectivity index (χ0n) is 13.3. The lowest BCUT2D eigenvalue weighted by molar-refractivity contribution is -0.121. The normalized spacial score (nSPS) is 17.7. The smallest absolute Gasteiger partial charge is 0.227 e. The summed E-state index contributed by atoms with van der Waals surface area (Å²) in [6.45, 7) is 4.18. The Labute approximate surface area is 143 Å². The minimum absolute atomic E-state index is 0.113. The summed E-state index contributed by atoms with van der Waals surface area (Å²) in [5.74, 6) is 1.20. The molecule has 24 heavy (non-hydrogen) atoms. The highest BCUT2D eigenvalue weighted by Crippen LogP contribution is 2.32. The first-order valence-electron chi connectivity index (χ1n) is 8.00. The number of nitrogens with zero attached hydrogens (tertiary/aromatic N) is 5. The molecule has 2 N–H and O–H groups in total. The van der Waals surface area contributed by atoms with Crippen LogP contribution in [0.5, 0.6) is 0 Å². The maximum absolute atomic E-state index is 11.4. The van der Waals surface area contributed by atoms with Crippen molar-refractivity contribution in [2.75, 3.05) is 18.0 Å². The van der Waals surface area contributed by atoms with E-state index in [4.69, 9.17) is 5.73 Å². The number of fused-ring (bicyclic) bond motifs is 1.